The van der Waals surface area contributed by atoms with Gasteiger partial charge in [0.1, 0.15) is 11.5 Å². The minimum atomic E-state index is -0.0876. The lowest BCUT2D eigenvalue weighted by Gasteiger charge is -2.20. The van der Waals surface area contributed by atoms with E-state index in [-0.39, 0.29) is 5.92 Å². The number of halogens is 2. The molecule has 2 N–H and O–H groups in total. The molecule has 0 radical (unpaired) electrons. The number of alkyl halides is 2. The van der Waals surface area contributed by atoms with Crippen molar-refractivity contribution in [1.29, 1.82) is 0 Å². The lowest BCUT2D eigenvalue weighted by atomic mass is 9.87. The van der Waals surface area contributed by atoms with Crippen molar-refractivity contribution in [2.24, 2.45) is 0 Å². The lowest BCUT2D eigenvalue weighted by Crippen LogP contribution is -2.01. The van der Waals surface area contributed by atoms with Gasteiger partial charge in [-0.2, -0.15) is 0 Å². The Bertz CT molecular complexity index is 636. The molecular formula is C18H20Br2O2. The van der Waals surface area contributed by atoms with Crippen molar-refractivity contribution in [3.05, 3.63) is 57.6 Å². The zero-order valence-corrected chi connectivity index (χ0v) is 16.1. The highest BCUT2D eigenvalue weighted by atomic mass is 79.9. The van der Waals surface area contributed by atoms with Crippen LogP contribution in [-0.4, -0.2) is 10.2 Å². The molecule has 0 spiro atoms. The number of phenolic OH excluding ortho intramolecular Hbond substituents is 2. The molecule has 0 aliphatic heterocycles. The van der Waals surface area contributed by atoms with E-state index in [1.807, 2.05) is 45.0 Å². The summed E-state index contributed by atoms with van der Waals surface area (Å²) in [5, 5.41) is 22.3. The molecule has 0 unspecified atom stereocenters. The van der Waals surface area contributed by atoms with Gasteiger partial charge in [-0.1, -0.05) is 63.0 Å². The molecule has 2 nitrogen and oxygen atoms in total. The van der Waals surface area contributed by atoms with E-state index in [0.29, 0.717) is 11.5 Å². The molecule has 2 aromatic carbocycles. The highest BCUT2D eigenvalue weighted by Gasteiger charge is 2.20. The summed E-state index contributed by atoms with van der Waals surface area (Å²) in [6.45, 7) is 5.81. The van der Waals surface area contributed by atoms with Crippen molar-refractivity contribution in [2.75, 3.05) is 0 Å². The number of aromatic hydroxyl groups is 2. The van der Waals surface area contributed by atoms with E-state index in [1.165, 1.54) is 0 Å². The van der Waals surface area contributed by atoms with Crippen LogP contribution in [-0.2, 0) is 10.7 Å². The summed E-state index contributed by atoms with van der Waals surface area (Å²) in [5.41, 5.74) is 5.63. The summed E-state index contributed by atoms with van der Waals surface area (Å²) in [5.74, 6) is 0.521. The van der Waals surface area contributed by atoms with Crippen LogP contribution in [0.25, 0.3) is 0 Å². The first-order chi connectivity index (χ1) is 10.4. The SMILES string of the molecule is Cc1cc(CBr)cc(C(C)c2cc(CBr)cc(C)c2O)c1O. The van der Waals surface area contributed by atoms with Gasteiger partial charge in [0.05, 0.1) is 0 Å². The van der Waals surface area contributed by atoms with Gasteiger partial charge in [0.2, 0.25) is 0 Å². The third-order valence-corrected chi connectivity index (χ3v) is 5.32. The van der Waals surface area contributed by atoms with E-state index >= 15 is 0 Å². The lowest BCUT2D eigenvalue weighted by molar-refractivity contribution is 0.452. The van der Waals surface area contributed by atoms with Gasteiger partial charge in [0.15, 0.2) is 0 Å². The Morgan fingerprint density at radius 2 is 1.18 bits per heavy atom. The molecule has 0 amide bonds. The quantitative estimate of drug-likeness (QED) is 0.618. The molecule has 4 heteroatoms. The fourth-order valence-electron chi connectivity index (χ4n) is 2.75. The largest absolute Gasteiger partial charge is 0.507 e. The topological polar surface area (TPSA) is 40.5 Å². The Labute approximate surface area is 148 Å². The minimum Gasteiger partial charge on any atom is -0.507 e. The molecule has 0 heterocycles. The first-order valence-corrected chi connectivity index (χ1v) is 9.40. The molecule has 118 valence electrons. The fraction of sp³-hybridized carbons (Fsp3) is 0.333. The number of aryl methyl sites for hydroxylation is 2. The van der Waals surface area contributed by atoms with Crippen molar-refractivity contribution >= 4 is 31.9 Å². The van der Waals surface area contributed by atoms with Crippen molar-refractivity contribution < 1.29 is 10.2 Å². The van der Waals surface area contributed by atoms with Gasteiger partial charge in [-0.25, -0.2) is 0 Å². The van der Waals surface area contributed by atoms with Gasteiger partial charge in [-0.3, -0.25) is 0 Å². The van der Waals surface area contributed by atoms with Crippen molar-refractivity contribution in [2.45, 2.75) is 37.3 Å². The van der Waals surface area contributed by atoms with Gasteiger partial charge in [0.25, 0.3) is 0 Å². The van der Waals surface area contributed by atoms with Crippen LogP contribution < -0.4 is 0 Å². The Balaban J connectivity index is 2.59. The van der Waals surface area contributed by atoms with E-state index in [9.17, 15) is 10.2 Å². The second-order valence-electron chi connectivity index (χ2n) is 5.69. The third kappa shape index (κ3) is 3.33. The van der Waals surface area contributed by atoms with Crippen LogP contribution in [0.1, 0.15) is 46.2 Å². The maximum Gasteiger partial charge on any atom is 0.122 e. The summed E-state index contributed by atoms with van der Waals surface area (Å²) in [6.07, 6.45) is 0. The normalized spacial score (nSPS) is 11.2. The molecule has 2 aromatic rings. The Hall–Kier alpha value is -1.00. The van der Waals surface area contributed by atoms with Crippen LogP contribution in [0.2, 0.25) is 0 Å². The second kappa shape index (κ2) is 7.05. The maximum atomic E-state index is 10.4. The molecule has 0 saturated heterocycles. The van der Waals surface area contributed by atoms with Crippen molar-refractivity contribution in [1.82, 2.24) is 0 Å². The van der Waals surface area contributed by atoms with Crippen molar-refractivity contribution in [3.63, 3.8) is 0 Å². The summed E-state index contributed by atoms with van der Waals surface area (Å²) < 4.78 is 0. The van der Waals surface area contributed by atoms with Crippen LogP contribution in [0.3, 0.4) is 0 Å². The molecule has 0 saturated carbocycles. The van der Waals surface area contributed by atoms with Crippen LogP contribution >= 0.6 is 31.9 Å². The summed E-state index contributed by atoms with van der Waals surface area (Å²) in [4.78, 5) is 0. The van der Waals surface area contributed by atoms with Gasteiger partial charge < -0.3 is 10.2 Å². The highest BCUT2D eigenvalue weighted by Crippen LogP contribution is 2.39. The Kier molecular flexibility index (Phi) is 5.56. The standard InChI is InChI=1S/C18H20Br2O2/c1-10-4-13(8-19)6-15(17(10)21)12(3)16-7-14(9-20)5-11(2)18(16)22/h4-7,12,21-22H,8-9H2,1-3H3. The summed E-state index contributed by atoms with van der Waals surface area (Å²) in [7, 11) is 0. The minimum absolute atomic E-state index is 0.0876. The van der Waals surface area contributed by atoms with E-state index in [1.54, 1.807) is 0 Å². The molecule has 0 fully saturated rings. The molecular weight excluding hydrogens is 408 g/mol. The molecule has 0 aliphatic carbocycles. The molecule has 0 bridgehead atoms. The monoisotopic (exact) mass is 426 g/mol. The zero-order chi connectivity index (χ0) is 16.4. The second-order valence-corrected chi connectivity index (χ2v) is 6.81. The smallest absolute Gasteiger partial charge is 0.122 e. The first kappa shape index (κ1) is 17.4. The molecule has 0 atom stereocenters. The number of benzene rings is 2. The zero-order valence-electron chi connectivity index (χ0n) is 13.0. The van der Waals surface area contributed by atoms with Gasteiger partial charge in [-0.15, -0.1) is 0 Å². The average molecular weight is 428 g/mol. The van der Waals surface area contributed by atoms with Crippen LogP contribution in [0.15, 0.2) is 24.3 Å². The van der Waals surface area contributed by atoms with Crippen LogP contribution in [0.5, 0.6) is 11.5 Å². The predicted molar refractivity (Wildman–Crippen MR) is 98.5 cm³/mol. The number of hydrogen-bond acceptors (Lipinski definition) is 2. The van der Waals surface area contributed by atoms with E-state index in [2.05, 4.69) is 31.9 Å². The van der Waals surface area contributed by atoms with Crippen molar-refractivity contribution in [3.8, 4) is 11.5 Å². The molecule has 2 rings (SSSR count). The average Bonchev–Trinajstić information content (AvgIpc) is 2.51. The van der Waals surface area contributed by atoms with E-state index in [4.69, 9.17) is 0 Å². The highest BCUT2D eigenvalue weighted by molar-refractivity contribution is 9.08. The Morgan fingerprint density at radius 1 is 0.818 bits per heavy atom. The van der Waals surface area contributed by atoms with Gasteiger partial charge in [-0.05, 0) is 36.1 Å². The molecule has 22 heavy (non-hydrogen) atoms. The number of phenols is 2. The maximum absolute atomic E-state index is 10.4. The van der Waals surface area contributed by atoms with Gasteiger partial charge in [0, 0.05) is 27.7 Å². The van der Waals surface area contributed by atoms with Crippen LogP contribution in [0, 0.1) is 13.8 Å². The Morgan fingerprint density at radius 3 is 1.50 bits per heavy atom. The first-order valence-electron chi connectivity index (χ1n) is 7.15. The van der Waals surface area contributed by atoms with E-state index in [0.717, 1.165) is 44.0 Å². The third-order valence-electron chi connectivity index (χ3n) is 4.02. The van der Waals surface area contributed by atoms with Crippen LogP contribution in [0.4, 0.5) is 0 Å². The molecule has 0 aromatic heterocycles. The van der Waals surface area contributed by atoms with E-state index < -0.39 is 0 Å². The molecule has 0 aliphatic rings. The number of rotatable bonds is 4. The van der Waals surface area contributed by atoms with Gasteiger partial charge >= 0.3 is 0 Å². The predicted octanol–water partition coefficient (Wildman–Crippen LogP) is 5.66. The summed E-state index contributed by atoms with van der Waals surface area (Å²) >= 11 is 6.93. The number of hydrogen-bond donors (Lipinski definition) is 2. The fourth-order valence-corrected chi connectivity index (χ4v) is 3.40. The summed E-state index contributed by atoms with van der Waals surface area (Å²) in [6, 6.07) is 7.94.